The number of benzene rings is 3. The maximum atomic E-state index is 14.1. The summed E-state index contributed by atoms with van der Waals surface area (Å²) in [5.41, 5.74) is 0.886. The average molecular weight is 576 g/mol. The Kier molecular flexibility index (Phi) is 9.33. The first kappa shape index (κ1) is 26.4. The molecule has 3 aromatic rings. The molecule has 3 aromatic carbocycles. The van der Waals surface area contributed by atoms with Crippen LogP contribution in [0.1, 0.15) is 23.1 Å². The predicted molar refractivity (Wildman–Crippen MR) is 106 cm³/mol. The summed E-state index contributed by atoms with van der Waals surface area (Å²) in [5.74, 6) is -13.0. The molecule has 0 saturated heterocycles. The van der Waals surface area contributed by atoms with E-state index in [0.29, 0.717) is 11.1 Å². The maximum absolute atomic E-state index is 14.1. The second kappa shape index (κ2) is 11.3. The Labute approximate surface area is 196 Å². The van der Waals surface area contributed by atoms with Gasteiger partial charge >= 0.3 is 27.0 Å². The van der Waals surface area contributed by atoms with Crippen LogP contribution in [0.5, 0.6) is 0 Å². The van der Waals surface area contributed by atoms with E-state index in [9.17, 15) is 30.4 Å². The second-order valence-electron chi connectivity index (χ2n) is 6.35. The van der Waals surface area contributed by atoms with Gasteiger partial charge in [0.2, 0.25) is 5.82 Å². The molecule has 0 aromatic heterocycles. The van der Waals surface area contributed by atoms with Crippen molar-refractivity contribution in [2.45, 2.75) is 16.9 Å². The monoisotopic (exact) mass is 576 g/mol. The number of nitrogens with zero attached hydrogens (tertiary/aromatic N) is 1. The van der Waals surface area contributed by atoms with Gasteiger partial charge in [0, 0.05) is 0 Å². The molecule has 0 bridgehead atoms. The van der Waals surface area contributed by atoms with Crippen molar-refractivity contribution in [3.8, 4) is 0 Å². The van der Waals surface area contributed by atoms with Crippen LogP contribution in [0.2, 0.25) is 0 Å². The van der Waals surface area contributed by atoms with Crippen molar-refractivity contribution in [2.24, 2.45) is 0 Å². The van der Waals surface area contributed by atoms with Crippen LogP contribution in [0.3, 0.4) is 0 Å². The van der Waals surface area contributed by atoms with Crippen molar-refractivity contribution in [2.75, 3.05) is 0 Å². The van der Waals surface area contributed by atoms with Crippen molar-refractivity contribution in [3.05, 3.63) is 113 Å². The molecule has 0 saturated carbocycles. The summed E-state index contributed by atoms with van der Waals surface area (Å²) < 4.78 is 97.5. The molecule has 3 nitrogen and oxygen atoms in total. The molecule has 2 atom stereocenters. The van der Waals surface area contributed by atoms with Crippen LogP contribution in [-0.2, 0) is 27.3 Å². The van der Waals surface area contributed by atoms with E-state index < -0.39 is 56.0 Å². The van der Waals surface area contributed by atoms with E-state index in [-0.39, 0.29) is 0 Å². The summed E-state index contributed by atoms with van der Waals surface area (Å²) in [5, 5.41) is 0. The van der Waals surface area contributed by atoms with Gasteiger partial charge in [0.1, 0.15) is 14.9 Å². The molecule has 0 aliphatic rings. The number of rotatable bonds is 6. The normalized spacial score (nSPS) is 13.1. The van der Waals surface area contributed by atoms with Crippen molar-refractivity contribution in [3.63, 3.8) is 0 Å². The molecular weight excluding hydrogens is 562 g/mol. The predicted octanol–water partition coefficient (Wildman–Crippen LogP) is 6.49. The minimum atomic E-state index is -5.30. The Morgan fingerprint density at radius 3 is 1.53 bits per heavy atom. The van der Waals surface area contributed by atoms with Crippen molar-refractivity contribution in [1.82, 2.24) is 0 Å². The van der Waals surface area contributed by atoms with Crippen LogP contribution in [0.15, 0.2) is 65.6 Å². The molecule has 11 heteroatoms. The number of hydrogen-bond donors (Lipinski definition) is 0. The first-order chi connectivity index (χ1) is 15.1. The van der Waals surface area contributed by atoms with E-state index in [1.165, 1.54) is 12.1 Å². The van der Waals surface area contributed by atoms with Crippen LogP contribution in [0.25, 0.3) is 4.72 Å². The van der Waals surface area contributed by atoms with Gasteiger partial charge in [-0.3, -0.25) is 0 Å². The average Bonchev–Trinajstić information content (AvgIpc) is 2.82. The van der Waals surface area contributed by atoms with Gasteiger partial charge in [-0.15, -0.1) is 6.04 Å². The van der Waals surface area contributed by atoms with E-state index >= 15 is 0 Å². The Hall–Kier alpha value is -1.87. The molecule has 0 spiro atoms. The third-order valence-corrected chi connectivity index (χ3v) is 5.81. The van der Waals surface area contributed by atoms with Gasteiger partial charge in [0.05, 0.1) is 0 Å². The summed E-state index contributed by atoms with van der Waals surface area (Å²) in [6.45, 7) is 3.90. The fraction of sp³-hybridized carbons (Fsp3) is 0.0952. The van der Waals surface area contributed by atoms with E-state index in [0.717, 1.165) is 0 Å². The molecule has 0 amide bonds. The molecule has 0 unspecified atom stereocenters. The number of hydrogen-bond acceptors (Lipinski definition) is 2. The Morgan fingerprint density at radius 1 is 0.719 bits per heavy atom. The molecule has 0 aliphatic carbocycles. The summed E-state index contributed by atoms with van der Waals surface area (Å²) in [6, 6.07) is 14.9. The zero-order valence-corrected chi connectivity index (χ0v) is 19.2. The molecule has 3 rings (SSSR count). The molecule has 0 N–H and O–H groups in total. The Morgan fingerprint density at radius 2 is 1.09 bits per heavy atom. The van der Waals surface area contributed by atoms with E-state index in [1.807, 2.05) is 17.3 Å². The minimum absolute atomic E-state index is 0.328. The van der Waals surface area contributed by atoms with Crippen molar-refractivity contribution in [1.29, 1.82) is 0 Å². The topological polar surface area (TPSA) is 48.2 Å². The molecule has 171 valence electrons. The summed E-state index contributed by atoms with van der Waals surface area (Å²) in [6.07, 6.45) is 0. The molecule has 0 radical (unpaired) electrons. The van der Waals surface area contributed by atoms with Gasteiger partial charge in [-0.25, -0.2) is 30.4 Å². The third-order valence-electron chi connectivity index (χ3n) is 4.43. The zero-order valence-electron chi connectivity index (χ0n) is 15.9. The first-order valence-electron chi connectivity index (χ1n) is 8.70. The van der Waals surface area contributed by atoms with Gasteiger partial charge < -0.3 is 11.6 Å². The van der Waals surface area contributed by atoms with Gasteiger partial charge in [0.15, 0.2) is 23.3 Å². The van der Waals surface area contributed by atoms with Crippen LogP contribution >= 0.6 is 9.69 Å². The van der Waals surface area contributed by atoms with Crippen molar-refractivity contribution >= 4 is 19.7 Å². The summed E-state index contributed by atoms with van der Waals surface area (Å²) >= 11 is 1.82. The molecule has 32 heavy (non-hydrogen) atoms. The third kappa shape index (κ3) is 5.54. The van der Waals surface area contributed by atoms with Gasteiger partial charge in [-0.1, -0.05) is 71.8 Å². The van der Waals surface area contributed by atoms with E-state index in [1.54, 1.807) is 48.5 Å². The van der Waals surface area contributed by atoms with Gasteiger partial charge in [-0.05, 0) is 0 Å². The fourth-order valence-corrected chi connectivity index (χ4v) is 4.22. The van der Waals surface area contributed by atoms with Crippen LogP contribution in [-0.4, -0.2) is 8.42 Å². The zero-order chi connectivity index (χ0) is 24.1. The molecule has 0 aliphatic heterocycles. The number of sulfonamides is 1. The quantitative estimate of drug-likeness (QED) is 0.111. The fourth-order valence-electron chi connectivity index (χ4n) is 2.91. The Balaban J connectivity index is 0.00000176. The van der Waals surface area contributed by atoms with Gasteiger partial charge in [0.25, 0.3) is 0 Å². The van der Waals surface area contributed by atoms with Crippen LogP contribution in [0, 0.1) is 36.0 Å². The standard InChI is InChI=1S/C21H14F5NO2S.ClH.Ru/c1-12(13-8-4-2-5-9-13)20(14-10-6-3-7-11-14)27-30(28,29)21-18(25)16(23)15(22)17(24)19(21)26;;/h2-12,20H,1H2;1H;/q-2;;+3/p-1/t12-,20+;;/m1../s1. The molecule has 0 heterocycles. The molecular formula is C21H14ClF5NO2RuS. The summed E-state index contributed by atoms with van der Waals surface area (Å²) in [4.78, 5) is -2.00. The number of halogens is 6. The van der Waals surface area contributed by atoms with Crippen LogP contribution in [0.4, 0.5) is 22.0 Å². The van der Waals surface area contributed by atoms with Crippen LogP contribution < -0.4 is 0 Å². The first-order valence-corrected chi connectivity index (χ1v) is 12.4. The second-order valence-corrected chi connectivity index (χ2v) is 7.92. The SMILES string of the molecule is [CH2-][C@H](c1ccccc1)[C@H]([N-]S(=O)(=O)c1c(F)c(F)c(F)c(F)c1F)c1ccccc1.[Cl][Ru+2]. The Bertz CT molecular complexity index is 1140. The summed E-state index contributed by atoms with van der Waals surface area (Å²) in [7, 11) is -0.727. The van der Waals surface area contributed by atoms with Crippen molar-refractivity contribution < 1.29 is 47.7 Å². The molecule has 0 fully saturated rings. The van der Waals surface area contributed by atoms with E-state index in [2.05, 4.69) is 21.3 Å². The van der Waals surface area contributed by atoms with E-state index in [4.69, 9.17) is 0 Å². The van der Waals surface area contributed by atoms with Gasteiger partial charge in [-0.2, -0.15) is 5.92 Å².